The monoisotopic (exact) mass is 199 g/mol. The van der Waals surface area contributed by atoms with Gasteiger partial charge in [-0.15, -0.1) is 0 Å². The molecule has 76 valence electrons. The molecule has 0 amide bonds. The number of hydrogen-bond acceptors (Lipinski definition) is 2. The predicted octanol–water partition coefficient (Wildman–Crippen LogP) is 2.52. The molecule has 0 radical (unpaired) electrons. The molecule has 2 aliphatic rings. The van der Waals surface area contributed by atoms with Gasteiger partial charge in [-0.05, 0) is 62.5 Å². The van der Waals surface area contributed by atoms with Crippen LogP contribution in [0.2, 0.25) is 0 Å². The molecule has 13 heavy (non-hydrogen) atoms. The molecule has 1 N–H and O–H groups in total. The van der Waals surface area contributed by atoms with Crippen LogP contribution in [0.3, 0.4) is 0 Å². The van der Waals surface area contributed by atoms with Gasteiger partial charge >= 0.3 is 0 Å². The minimum atomic E-state index is 0.781. The van der Waals surface area contributed by atoms with E-state index in [2.05, 4.69) is 24.0 Å². The summed E-state index contributed by atoms with van der Waals surface area (Å²) in [5, 5.41) is 3.55. The lowest BCUT2D eigenvalue weighted by molar-refractivity contribution is 0.366. The second-order valence-electron chi connectivity index (χ2n) is 4.70. The summed E-state index contributed by atoms with van der Waals surface area (Å²) in [4.78, 5) is 0. The van der Waals surface area contributed by atoms with Crippen molar-refractivity contribution in [1.29, 1.82) is 0 Å². The van der Waals surface area contributed by atoms with Gasteiger partial charge in [0.05, 0.1) is 0 Å². The third-order valence-electron chi connectivity index (χ3n) is 3.45. The SMILES string of the molecule is CC1CC(CC2CCSCC2)CN1. The summed E-state index contributed by atoms with van der Waals surface area (Å²) in [6.07, 6.45) is 5.88. The molecule has 2 unspecified atom stereocenters. The van der Waals surface area contributed by atoms with Gasteiger partial charge in [0.2, 0.25) is 0 Å². The number of rotatable bonds is 2. The van der Waals surface area contributed by atoms with Crippen molar-refractivity contribution < 1.29 is 0 Å². The second kappa shape index (κ2) is 4.70. The Bertz CT molecular complexity index is 151. The molecule has 2 rings (SSSR count). The van der Waals surface area contributed by atoms with Gasteiger partial charge in [0, 0.05) is 6.04 Å². The van der Waals surface area contributed by atoms with Gasteiger partial charge in [-0.2, -0.15) is 11.8 Å². The highest BCUT2D eigenvalue weighted by molar-refractivity contribution is 7.99. The topological polar surface area (TPSA) is 12.0 Å². The lowest BCUT2D eigenvalue weighted by atomic mass is 9.89. The normalized spacial score (nSPS) is 36.7. The Morgan fingerprint density at radius 1 is 1.23 bits per heavy atom. The number of hydrogen-bond donors (Lipinski definition) is 1. The van der Waals surface area contributed by atoms with E-state index in [1.807, 2.05) is 0 Å². The fourth-order valence-electron chi connectivity index (χ4n) is 2.67. The van der Waals surface area contributed by atoms with Crippen LogP contribution in [-0.2, 0) is 0 Å². The molecule has 1 nitrogen and oxygen atoms in total. The minimum absolute atomic E-state index is 0.781. The van der Waals surface area contributed by atoms with E-state index in [9.17, 15) is 0 Å². The Balaban J connectivity index is 1.71. The molecule has 2 fully saturated rings. The molecule has 0 aromatic heterocycles. The average molecular weight is 199 g/mol. The molecule has 2 atom stereocenters. The highest BCUT2D eigenvalue weighted by Gasteiger charge is 2.24. The Morgan fingerprint density at radius 3 is 2.62 bits per heavy atom. The molecule has 0 spiro atoms. The zero-order valence-corrected chi connectivity index (χ0v) is 9.41. The van der Waals surface area contributed by atoms with Crippen molar-refractivity contribution in [2.24, 2.45) is 11.8 Å². The van der Waals surface area contributed by atoms with Gasteiger partial charge in [0.1, 0.15) is 0 Å². The van der Waals surface area contributed by atoms with Crippen LogP contribution in [0.25, 0.3) is 0 Å². The first kappa shape index (κ1) is 9.85. The van der Waals surface area contributed by atoms with E-state index in [-0.39, 0.29) is 0 Å². The number of nitrogens with one attached hydrogen (secondary N) is 1. The van der Waals surface area contributed by atoms with Gasteiger partial charge in [-0.25, -0.2) is 0 Å². The highest BCUT2D eigenvalue weighted by Crippen LogP contribution is 2.30. The summed E-state index contributed by atoms with van der Waals surface area (Å²) in [7, 11) is 0. The third-order valence-corrected chi connectivity index (χ3v) is 4.50. The van der Waals surface area contributed by atoms with Gasteiger partial charge in [-0.3, -0.25) is 0 Å². The fraction of sp³-hybridized carbons (Fsp3) is 1.00. The summed E-state index contributed by atoms with van der Waals surface area (Å²) in [6, 6.07) is 0.781. The Labute approximate surface area is 86.0 Å². The third kappa shape index (κ3) is 2.88. The first-order valence-electron chi connectivity index (χ1n) is 5.65. The van der Waals surface area contributed by atoms with Crippen molar-refractivity contribution >= 4 is 11.8 Å². The molecular formula is C11H21NS. The second-order valence-corrected chi connectivity index (χ2v) is 5.93. The van der Waals surface area contributed by atoms with Crippen molar-refractivity contribution in [3.05, 3.63) is 0 Å². The van der Waals surface area contributed by atoms with E-state index in [1.165, 1.54) is 43.7 Å². The van der Waals surface area contributed by atoms with Crippen LogP contribution in [-0.4, -0.2) is 24.1 Å². The molecular weight excluding hydrogens is 178 g/mol. The highest BCUT2D eigenvalue weighted by atomic mass is 32.2. The molecule has 2 aliphatic heterocycles. The Hall–Kier alpha value is 0.310. The molecule has 0 aliphatic carbocycles. The van der Waals surface area contributed by atoms with Gasteiger partial charge in [0.15, 0.2) is 0 Å². The van der Waals surface area contributed by atoms with E-state index < -0.39 is 0 Å². The molecule has 2 heterocycles. The van der Waals surface area contributed by atoms with Gasteiger partial charge in [-0.1, -0.05) is 0 Å². The van der Waals surface area contributed by atoms with E-state index in [1.54, 1.807) is 0 Å². The zero-order chi connectivity index (χ0) is 9.10. The van der Waals surface area contributed by atoms with Crippen molar-refractivity contribution in [3.8, 4) is 0 Å². The minimum Gasteiger partial charge on any atom is -0.314 e. The standard InChI is InChI=1S/C11H21NS/c1-9-6-11(8-12-9)7-10-2-4-13-5-3-10/h9-12H,2-8H2,1H3. The van der Waals surface area contributed by atoms with Crippen LogP contribution in [0.4, 0.5) is 0 Å². The largest absolute Gasteiger partial charge is 0.314 e. The lowest BCUT2D eigenvalue weighted by Crippen LogP contribution is -2.18. The first-order chi connectivity index (χ1) is 6.34. The molecule has 2 heteroatoms. The van der Waals surface area contributed by atoms with Gasteiger partial charge in [0.25, 0.3) is 0 Å². The summed E-state index contributed by atoms with van der Waals surface area (Å²) < 4.78 is 0. The molecule has 0 saturated carbocycles. The fourth-order valence-corrected chi connectivity index (χ4v) is 3.87. The first-order valence-corrected chi connectivity index (χ1v) is 6.81. The van der Waals surface area contributed by atoms with Crippen LogP contribution in [0.1, 0.15) is 32.6 Å². The summed E-state index contributed by atoms with van der Waals surface area (Å²) in [5.41, 5.74) is 0. The van der Waals surface area contributed by atoms with Crippen molar-refractivity contribution in [2.75, 3.05) is 18.1 Å². The smallest absolute Gasteiger partial charge is 0.00419 e. The van der Waals surface area contributed by atoms with Crippen molar-refractivity contribution in [2.45, 2.75) is 38.6 Å². The maximum atomic E-state index is 3.55. The molecule has 0 bridgehead atoms. The Morgan fingerprint density at radius 2 is 2.00 bits per heavy atom. The zero-order valence-electron chi connectivity index (χ0n) is 8.59. The van der Waals surface area contributed by atoms with E-state index in [0.29, 0.717) is 0 Å². The molecule has 0 aromatic rings. The van der Waals surface area contributed by atoms with Crippen LogP contribution in [0.15, 0.2) is 0 Å². The van der Waals surface area contributed by atoms with Crippen LogP contribution < -0.4 is 5.32 Å². The van der Waals surface area contributed by atoms with Crippen molar-refractivity contribution in [1.82, 2.24) is 5.32 Å². The number of thioether (sulfide) groups is 1. The summed E-state index contributed by atoms with van der Waals surface area (Å²) in [6.45, 7) is 3.60. The van der Waals surface area contributed by atoms with E-state index in [0.717, 1.165) is 17.9 Å². The lowest BCUT2D eigenvalue weighted by Gasteiger charge is -2.23. The molecule has 2 saturated heterocycles. The van der Waals surface area contributed by atoms with Crippen molar-refractivity contribution in [3.63, 3.8) is 0 Å². The van der Waals surface area contributed by atoms with E-state index in [4.69, 9.17) is 0 Å². The average Bonchev–Trinajstić information content (AvgIpc) is 2.53. The van der Waals surface area contributed by atoms with Crippen LogP contribution >= 0.6 is 11.8 Å². The summed E-state index contributed by atoms with van der Waals surface area (Å²) in [5.74, 6) is 4.88. The maximum absolute atomic E-state index is 3.55. The summed E-state index contributed by atoms with van der Waals surface area (Å²) >= 11 is 2.14. The van der Waals surface area contributed by atoms with Gasteiger partial charge < -0.3 is 5.32 Å². The quantitative estimate of drug-likeness (QED) is 0.733. The van der Waals surface area contributed by atoms with Crippen LogP contribution in [0, 0.1) is 11.8 Å². The maximum Gasteiger partial charge on any atom is 0.00419 e. The Kier molecular flexibility index (Phi) is 3.56. The van der Waals surface area contributed by atoms with Crippen LogP contribution in [0.5, 0.6) is 0 Å². The molecule has 0 aromatic carbocycles. The predicted molar refractivity (Wildman–Crippen MR) is 60.2 cm³/mol. The van der Waals surface area contributed by atoms with E-state index >= 15 is 0 Å².